The van der Waals surface area contributed by atoms with Gasteiger partial charge in [0.1, 0.15) is 10.8 Å². The van der Waals surface area contributed by atoms with E-state index in [2.05, 4.69) is 0 Å². The van der Waals surface area contributed by atoms with Crippen LogP contribution in [0.5, 0.6) is 0 Å². The van der Waals surface area contributed by atoms with Gasteiger partial charge in [0.15, 0.2) is 0 Å². The van der Waals surface area contributed by atoms with Crippen molar-refractivity contribution in [3.8, 4) is 0 Å². The first-order valence-electron chi connectivity index (χ1n) is 5.40. The maximum atomic E-state index is 11.6. The van der Waals surface area contributed by atoms with Gasteiger partial charge >= 0.3 is 5.97 Å². The summed E-state index contributed by atoms with van der Waals surface area (Å²) in [7, 11) is 1.34. The first-order valence-corrected chi connectivity index (χ1v) is 5.78. The number of halogens is 1. The molecule has 4 nitrogen and oxygen atoms in total. The Morgan fingerprint density at radius 1 is 1.33 bits per heavy atom. The minimum absolute atomic E-state index is 0.408. The van der Waals surface area contributed by atoms with Gasteiger partial charge in [0.25, 0.3) is 0 Å². The number of esters is 1. The molecule has 0 aliphatic rings. The summed E-state index contributed by atoms with van der Waals surface area (Å²) in [6.45, 7) is 0.433. The van der Waals surface area contributed by atoms with Crippen molar-refractivity contribution in [2.24, 2.45) is 0 Å². The van der Waals surface area contributed by atoms with E-state index in [-0.39, 0.29) is 0 Å². The van der Waals surface area contributed by atoms with Crippen molar-refractivity contribution >= 4 is 23.3 Å². The minimum atomic E-state index is -0.420. The molecule has 2 rings (SSSR count). The summed E-state index contributed by atoms with van der Waals surface area (Å²) in [5.41, 5.74) is 7.85. The lowest BCUT2D eigenvalue weighted by atomic mass is 10.2. The number of carbonyl (C=O) groups excluding carboxylic acids is 1. The topological polar surface area (TPSA) is 57.2 Å². The summed E-state index contributed by atoms with van der Waals surface area (Å²) in [4.78, 5) is 11.6. The second-order valence-electron chi connectivity index (χ2n) is 3.82. The molecule has 0 radical (unpaired) electrons. The number of ether oxygens (including phenoxy) is 1. The highest BCUT2D eigenvalue weighted by atomic mass is 35.5. The van der Waals surface area contributed by atoms with Crippen molar-refractivity contribution in [2.75, 3.05) is 12.8 Å². The summed E-state index contributed by atoms with van der Waals surface area (Å²) in [5, 5.41) is 0.471. The zero-order valence-corrected chi connectivity index (χ0v) is 10.6. The number of hydrogen-bond acceptors (Lipinski definition) is 3. The van der Waals surface area contributed by atoms with E-state index in [4.69, 9.17) is 22.1 Å². The molecule has 2 N–H and O–H groups in total. The zero-order chi connectivity index (χ0) is 13.1. The summed E-state index contributed by atoms with van der Waals surface area (Å²) < 4.78 is 6.37. The highest BCUT2D eigenvalue weighted by Crippen LogP contribution is 2.20. The van der Waals surface area contributed by atoms with Gasteiger partial charge in [-0.25, -0.2) is 4.79 Å². The molecule has 1 aromatic carbocycles. The van der Waals surface area contributed by atoms with E-state index in [1.54, 1.807) is 16.7 Å². The van der Waals surface area contributed by atoms with Gasteiger partial charge in [-0.1, -0.05) is 29.8 Å². The standard InChI is InChI=1S/C13H13ClN2O2/c1-18-13(17)11-6-7-12(14)16(11)8-9-4-2-3-5-10(9)15/h2-7H,8,15H2,1H3. The molecular formula is C13H13ClN2O2. The van der Waals surface area contributed by atoms with Crippen molar-refractivity contribution < 1.29 is 9.53 Å². The Hall–Kier alpha value is -1.94. The average Bonchev–Trinajstić information content (AvgIpc) is 2.73. The van der Waals surface area contributed by atoms with Gasteiger partial charge in [0.05, 0.1) is 13.7 Å². The number of benzene rings is 1. The van der Waals surface area contributed by atoms with Gasteiger partial charge in [0, 0.05) is 5.69 Å². The molecule has 5 heteroatoms. The maximum absolute atomic E-state index is 11.6. The van der Waals surface area contributed by atoms with Gasteiger partial charge < -0.3 is 15.0 Å². The number of nitrogens with two attached hydrogens (primary N) is 1. The van der Waals surface area contributed by atoms with Crippen LogP contribution in [0.25, 0.3) is 0 Å². The average molecular weight is 265 g/mol. The fourth-order valence-electron chi connectivity index (χ4n) is 1.73. The number of nitrogens with zero attached hydrogens (tertiary/aromatic N) is 1. The van der Waals surface area contributed by atoms with Crippen LogP contribution in [0.3, 0.4) is 0 Å². The smallest absolute Gasteiger partial charge is 0.354 e. The fourth-order valence-corrected chi connectivity index (χ4v) is 1.95. The largest absolute Gasteiger partial charge is 0.464 e. The SMILES string of the molecule is COC(=O)c1ccc(Cl)n1Cc1ccccc1N. The molecule has 0 saturated carbocycles. The van der Waals surface area contributed by atoms with E-state index >= 15 is 0 Å². The second kappa shape index (κ2) is 5.14. The fraction of sp³-hybridized carbons (Fsp3) is 0.154. The summed E-state index contributed by atoms with van der Waals surface area (Å²) in [6, 6.07) is 10.7. The predicted octanol–water partition coefficient (Wildman–Crippen LogP) is 2.56. The van der Waals surface area contributed by atoms with E-state index in [9.17, 15) is 4.79 Å². The summed E-state index contributed by atoms with van der Waals surface area (Å²) in [5.74, 6) is -0.420. The van der Waals surface area contributed by atoms with Crippen LogP contribution in [0, 0.1) is 0 Å². The van der Waals surface area contributed by atoms with E-state index in [1.807, 2.05) is 24.3 Å². The van der Waals surface area contributed by atoms with Crippen molar-refractivity contribution in [2.45, 2.75) is 6.54 Å². The molecule has 0 bridgehead atoms. The quantitative estimate of drug-likeness (QED) is 0.685. The zero-order valence-electron chi connectivity index (χ0n) is 9.89. The van der Waals surface area contributed by atoms with E-state index in [0.29, 0.717) is 23.1 Å². The normalized spacial score (nSPS) is 10.3. The summed E-state index contributed by atoms with van der Waals surface area (Å²) in [6.07, 6.45) is 0. The van der Waals surface area contributed by atoms with Crippen molar-refractivity contribution in [3.05, 3.63) is 52.8 Å². The van der Waals surface area contributed by atoms with Crippen LogP contribution in [0.2, 0.25) is 5.15 Å². The van der Waals surface area contributed by atoms with Crippen molar-refractivity contribution in [1.29, 1.82) is 0 Å². The third kappa shape index (κ3) is 2.33. The van der Waals surface area contributed by atoms with Gasteiger partial charge in [-0.15, -0.1) is 0 Å². The van der Waals surface area contributed by atoms with E-state index in [0.717, 1.165) is 5.56 Å². The molecule has 0 aliphatic heterocycles. The molecule has 2 aromatic rings. The number of aromatic nitrogens is 1. The van der Waals surface area contributed by atoms with E-state index < -0.39 is 5.97 Å². The van der Waals surface area contributed by atoms with Crippen LogP contribution in [0.1, 0.15) is 16.1 Å². The molecule has 0 spiro atoms. The summed E-state index contributed by atoms with van der Waals surface area (Å²) >= 11 is 6.06. The van der Waals surface area contributed by atoms with Gasteiger partial charge in [-0.3, -0.25) is 0 Å². The van der Waals surface area contributed by atoms with Crippen LogP contribution in [0.4, 0.5) is 5.69 Å². The molecule has 0 fully saturated rings. The lowest BCUT2D eigenvalue weighted by Crippen LogP contribution is -2.12. The highest BCUT2D eigenvalue weighted by Gasteiger charge is 2.15. The molecule has 18 heavy (non-hydrogen) atoms. The van der Waals surface area contributed by atoms with Crippen LogP contribution >= 0.6 is 11.6 Å². The Labute approximate surface area is 110 Å². The molecular weight excluding hydrogens is 252 g/mol. The monoisotopic (exact) mass is 264 g/mol. The Morgan fingerprint density at radius 2 is 2.06 bits per heavy atom. The third-order valence-electron chi connectivity index (χ3n) is 2.71. The van der Waals surface area contributed by atoms with E-state index in [1.165, 1.54) is 7.11 Å². The number of methoxy groups -OCH3 is 1. The molecule has 94 valence electrons. The van der Waals surface area contributed by atoms with Crippen molar-refractivity contribution in [3.63, 3.8) is 0 Å². The number of anilines is 1. The first-order chi connectivity index (χ1) is 8.63. The molecule has 0 saturated heterocycles. The van der Waals surface area contributed by atoms with Crippen LogP contribution < -0.4 is 5.73 Å². The molecule has 0 unspecified atom stereocenters. The predicted molar refractivity (Wildman–Crippen MR) is 70.7 cm³/mol. The van der Waals surface area contributed by atoms with Gasteiger partial charge in [-0.05, 0) is 23.8 Å². The second-order valence-corrected chi connectivity index (χ2v) is 4.21. The lowest BCUT2D eigenvalue weighted by molar-refractivity contribution is 0.0589. The molecule has 0 aliphatic carbocycles. The number of hydrogen-bond donors (Lipinski definition) is 1. The molecule has 0 amide bonds. The van der Waals surface area contributed by atoms with Crippen LogP contribution in [0.15, 0.2) is 36.4 Å². The molecule has 1 aromatic heterocycles. The van der Waals surface area contributed by atoms with Crippen LogP contribution in [-0.2, 0) is 11.3 Å². The molecule has 0 atom stereocenters. The first kappa shape index (κ1) is 12.5. The Bertz CT molecular complexity index is 578. The highest BCUT2D eigenvalue weighted by molar-refractivity contribution is 6.30. The van der Waals surface area contributed by atoms with Crippen molar-refractivity contribution in [1.82, 2.24) is 4.57 Å². The third-order valence-corrected chi connectivity index (χ3v) is 3.04. The molecule has 1 heterocycles. The number of carbonyl (C=O) groups is 1. The van der Waals surface area contributed by atoms with Crippen LogP contribution in [-0.4, -0.2) is 17.6 Å². The van der Waals surface area contributed by atoms with Gasteiger partial charge in [-0.2, -0.15) is 0 Å². The maximum Gasteiger partial charge on any atom is 0.354 e. The Morgan fingerprint density at radius 3 is 2.72 bits per heavy atom. The Kier molecular flexibility index (Phi) is 3.58. The number of rotatable bonds is 3. The Balaban J connectivity index is 2.37. The number of para-hydroxylation sites is 1. The number of nitrogen functional groups attached to an aromatic ring is 1. The minimum Gasteiger partial charge on any atom is -0.464 e. The van der Waals surface area contributed by atoms with Gasteiger partial charge in [0.2, 0.25) is 0 Å². The lowest BCUT2D eigenvalue weighted by Gasteiger charge is -2.11.